The van der Waals surface area contributed by atoms with Crippen LogP contribution in [0.15, 0.2) is 42.6 Å². The van der Waals surface area contributed by atoms with E-state index in [0.717, 1.165) is 18.7 Å². The minimum absolute atomic E-state index is 0.636. The molecule has 0 radical (unpaired) electrons. The number of hydrogen-bond acceptors (Lipinski definition) is 0. The van der Waals surface area contributed by atoms with Crippen molar-refractivity contribution in [3.8, 4) is 11.3 Å². The highest BCUT2D eigenvalue weighted by molar-refractivity contribution is 5.65. The van der Waals surface area contributed by atoms with E-state index >= 15 is 0 Å². The highest BCUT2D eigenvalue weighted by Gasteiger charge is 2.13. The Hall–Kier alpha value is -1.50. The Bertz CT molecular complexity index is 485. The quantitative estimate of drug-likeness (QED) is 0.573. The molecule has 0 aliphatic carbocycles. The van der Waals surface area contributed by atoms with Crippen LogP contribution in [0.3, 0.4) is 0 Å². The number of hydrogen-bond donors (Lipinski definition) is 0. The molecule has 2 heterocycles. The molecule has 0 bridgehead atoms. The molecule has 1 heteroatoms. The van der Waals surface area contributed by atoms with Gasteiger partial charge in [0.05, 0.1) is 1.37 Å². The molecule has 1 aromatic heterocycles. The largest absolute Gasteiger partial charge is 0.347 e. The lowest BCUT2D eigenvalue weighted by atomic mass is 9.99. The Labute approximate surface area is 79.0 Å². The third kappa shape index (κ3) is 0.934. The third-order valence-electron chi connectivity index (χ3n) is 2.66. The van der Waals surface area contributed by atoms with Crippen LogP contribution in [0.2, 0.25) is 0 Å². The number of fused-ring (bicyclic) bond motifs is 3. The molecule has 0 saturated carbocycles. The van der Waals surface area contributed by atoms with E-state index in [4.69, 9.17) is 1.37 Å². The van der Waals surface area contributed by atoms with Gasteiger partial charge in [0.15, 0.2) is 0 Å². The van der Waals surface area contributed by atoms with Crippen molar-refractivity contribution in [2.45, 2.75) is 13.0 Å². The summed E-state index contributed by atoms with van der Waals surface area (Å²) in [6, 6.07) is 10.9. The highest BCUT2D eigenvalue weighted by atomic mass is 15.0. The van der Waals surface area contributed by atoms with Crippen molar-refractivity contribution in [1.29, 1.82) is 0 Å². The molecule has 1 aliphatic rings. The number of benzene rings is 1. The van der Waals surface area contributed by atoms with Gasteiger partial charge < -0.3 is 4.57 Å². The van der Waals surface area contributed by atoms with Gasteiger partial charge in [-0.3, -0.25) is 0 Å². The van der Waals surface area contributed by atoms with Gasteiger partial charge >= 0.3 is 0 Å². The first-order chi connectivity index (χ1) is 6.86. The zero-order valence-corrected chi connectivity index (χ0v) is 7.33. The highest BCUT2D eigenvalue weighted by Crippen LogP contribution is 2.28. The summed E-state index contributed by atoms with van der Waals surface area (Å²) >= 11 is 0. The zero-order valence-electron chi connectivity index (χ0n) is 8.33. The Kier molecular flexibility index (Phi) is 1.16. The van der Waals surface area contributed by atoms with Crippen molar-refractivity contribution in [3.63, 3.8) is 0 Å². The SMILES string of the molecule is [2H]c1ccn2c1-c1ccccc1CC2. The van der Waals surface area contributed by atoms with Gasteiger partial charge in [-0.15, -0.1) is 0 Å². The summed E-state index contributed by atoms with van der Waals surface area (Å²) in [4.78, 5) is 0. The monoisotopic (exact) mass is 170 g/mol. The van der Waals surface area contributed by atoms with E-state index in [1.54, 1.807) is 0 Å². The van der Waals surface area contributed by atoms with Crippen LogP contribution < -0.4 is 0 Å². The van der Waals surface area contributed by atoms with Gasteiger partial charge in [-0.1, -0.05) is 24.3 Å². The topological polar surface area (TPSA) is 4.93 Å². The number of aromatic nitrogens is 1. The maximum atomic E-state index is 7.84. The summed E-state index contributed by atoms with van der Waals surface area (Å²) in [5.74, 6) is 0. The van der Waals surface area contributed by atoms with E-state index in [-0.39, 0.29) is 0 Å². The van der Waals surface area contributed by atoms with Gasteiger partial charge in [0.2, 0.25) is 0 Å². The second kappa shape index (κ2) is 2.49. The van der Waals surface area contributed by atoms with Crippen LogP contribution in [0.1, 0.15) is 6.93 Å². The summed E-state index contributed by atoms with van der Waals surface area (Å²) in [6.07, 6.45) is 3.09. The fraction of sp³-hybridized carbons (Fsp3) is 0.167. The first-order valence-corrected chi connectivity index (χ1v) is 4.60. The van der Waals surface area contributed by atoms with E-state index in [0.29, 0.717) is 6.04 Å². The average Bonchev–Trinajstić information content (AvgIpc) is 2.61. The maximum Gasteiger partial charge on any atom is 0.0646 e. The van der Waals surface area contributed by atoms with Crippen LogP contribution in [0.5, 0.6) is 0 Å². The van der Waals surface area contributed by atoms with Gasteiger partial charge in [0.25, 0.3) is 0 Å². The molecule has 1 aromatic carbocycles. The van der Waals surface area contributed by atoms with Crippen LogP contribution in [0, 0.1) is 0 Å². The molecule has 1 aliphatic heterocycles. The predicted octanol–water partition coefficient (Wildman–Crippen LogP) is 2.71. The Balaban J connectivity index is 2.32. The molecular weight excluding hydrogens is 158 g/mol. The first kappa shape index (κ1) is 6.03. The minimum Gasteiger partial charge on any atom is -0.347 e. The van der Waals surface area contributed by atoms with Crippen LogP contribution in [0.25, 0.3) is 11.3 Å². The molecule has 0 N–H and O–H groups in total. The Morgan fingerprint density at radius 2 is 2.15 bits per heavy atom. The van der Waals surface area contributed by atoms with E-state index < -0.39 is 0 Å². The van der Waals surface area contributed by atoms with E-state index in [1.807, 2.05) is 18.3 Å². The van der Waals surface area contributed by atoms with Crippen LogP contribution >= 0.6 is 0 Å². The van der Waals surface area contributed by atoms with Crippen LogP contribution in [-0.2, 0) is 13.0 Å². The summed E-state index contributed by atoms with van der Waals surface area (Å²) in [7, 11) is 0. The molecule has 0 saturated heterocycles. The molecule has 0 fully saturated rings. The second-order valence-corrected chi connectivity index (χ2v) is 3.41. The standard InChI is InChI=1S/C12H11N/c1-2-5-11-10(4-1)7-9-13-8-3-6-12(11)13/h1-6,8H,7,9H2/i6D. The van der Waals surface area contributed by atoms with Gasteiger partial charge in [0, 0.05) is 24.0 Å². The molecule has 13 heavy (non-hydrogen) atoms. The van der Waals surface area contributed by atoms with Crippen molar-refractivity contribution >= 4 is 0 Å². The molecule has 0 spiro atoms. The molecule has 3 rings (SSSR count). The van der Waals surface area contributed by atoms with Gasteiger partial charge in [0.1, 0.15) is 0 Å². The lowest BCUT2D eigenvalue weighted by molar-refractivity contribution is 0.689. The van der Waals surface area contributed by atoms with E-state index in [1.165, 1.54) is 11.1 Å². The maximum absolute atomic E-state index is 7.84. The smallest absolute Gasteiger partial charge is 0.0646 e. The average molecular weight is 170 g/mol. The van der Waals surface area contributed by atoms with Crippen molar-refractivity contribution in [2.75, 3.05) is 0 Å². The van der Waals surface area contributed by atoms with E-state index in [2.05, 4.69) is 22.8 Å². The Morgan fingerprint density at radius 1 is 1.23 bits per heavy atom. The molecule has 0 unspecified atom stereocenters. The zero-order chi connectivity index (χ0) is 9.54. The lowest BCUT2D eigenvalue weighted by Gasteiger charge is -2.18. The molecule has 64 valence electrons. The van der Waals surface area contributed by atoms with E-state index in [9.17, 15) is 0 Å². The summed E-state index contributed by atoms with van der Waals surface area (Å²) in [5, 5.41) is 0. The number of rotatable bonds is 0. The number of nitrogens with zero attached hydrogens (tertiary/aromatic N) is 1. The van der Waals surface area contributed by atoms with Crippen molar-refractivity contribution < 1.29 is 1.37 Å². The molecule has 1 nitrogen and oxygen atoms in total. The lowest BCUT2D eigenvalue weighted by Crippen LogP contribution is -2.08. The summed E-state index contributed by atoms with van der Waals surface area (Å²) in [5.41, 5.74) is 3.67. The molecule has 2 aromatic rings. The Morgan fingerprint density at radius 3 is 3.15 bits per heavy atom. The minimum atomic E-state index is 0.636. The molecular formula is C12H11N. The van der Waals surface area contributed by atoms with Crippen molar-refractivity contribution in [2.24, 2.45) is 0 Å². The number of aryl methyl sites for hydroxylation is 2. The fourth-order valence-corrected chi connectivity index (χ4v) is 1.99. The van der Waals surface area contributed by atoms with Gasteiger partial charge in [-0.25, -0.2) is 0 Å². The predicted molar refractivity (Wildman–Crippen MR) is 53.6 cm³/mol. The van der Waals surface area contributed by atoms with Gasteiger partial charge in [-0.2, -0.15) is 0 Å². The van der Waals surface area contributed by atoms with Crippen LogP contribution in [-0.4, -0.2) is 4.57 Å². The normalized spacial score (nSPS) is 14.6. The summed E-state index contributed by atoms with van der Waals surface area (Å²) < 4.78 is 10.0. The van der Waals surface area contributed by atoms with Gasteiger partial charge in [-0.05, 0) is 24.1 Å². The molecule has 0 amide bonds. The van der Waals surface area contributed by atoms with Crippen LogP contribution in [0.4, 0.5) is 0 Å². The van der Waals surface area contributed by atoms with Crippen molar-refractivity contribution in [3.05, 3.63) is 48.1 Å². The summed E-state index contributed by atoms with van der Waals surface area (Å²) in [6.45, 7) is 1.01. The van der Waals surface area contributed by atoms with Crippen molar-refractivity contribution in [1.82, 2.24) is 4.57 Å². The molecule has 0 atom stereocenters. The fourth-order valence-electron chi connectivity index (χ4n) is 1.99. The first-order valence-electron chi connectivity index (χ1n) is 5.10. The second-order valence-electron chi connectivity index (χ2n) is 3.41. The third-order valence-corrected chi connectivity index (χ3v) is 2.66.